The molecule has 0 aliphatic carbocycles. The van der Waals surface area contributed by atoms with Crippen LogP contribution in [0.15, 0.2) is 40.3 Å². The summed E-state index contributed by atoms with van der Waals surface area (Å²) in [6, 6.07) is 8.03. The van der Waals surface area contributed by atoms with Crippen molar-refractivity contribution in [1.82, 2.24) is 4.98 Å². The van der Waals surface area contributed by atoms with E-state index >= 15 is 0 Å². The maximum Gasteiger partial charge on any atom is 0.134 e. The van der Waals surface area contributed by atoms with Gasteiger partial charge in [-0.15, -0.1) is 11.3 Å². The summed E-state index contributed by atoms with van der Waals surface area (Å²) in [5, 5.41) is 4.25. The van der Waals surface area contributed by atoms with Crippen LogP contribution in [0, 0.1) is 0 Å². The Morgan fingerprint density at radius 2 is 2.17 bits per heavy atom. The van der Waals surface area contributed by atoms with Crippen LogP contribution in [-0.4, -0.2) is 11.5 Å². The Kier molecular flexibility index (Phi) is 3.13. The molecule has 0 aliphatic rings. The first-order valence-electron chi connectivity index (χ1n) is 5.99. The molecule has 92 valence electrons. The van der Waals surface area contributed by atoms with Gasteiger partial charge in [0.2, 0.25) is 0 Å². The third-order valence-corrected chi connectivity index (χ3v) is 3.82. The van der Waals surface area contributed by atoms with Crippen LogP contribution in [0.25, 0.3) is 21.5 Å². The Labute approximate surface area is 109 Å². The van der Waals surface area contributed by atoms with Crippen molar-refractivity contribution in [3.05, 3.63) is 41.6 Å². The van der Waals surface area contributed by atoms with Crippen LogP contribution in [0.2, 0.25) is 0 Å². The number of nitrogens with zero attached hydrogens (tertiary/aromatic N) is 1. The molecule has 0 bridgehead atoms. The fraction of sp³-hybridized carbons (Fsp3) is 0.214. The molecule has 0 spiro atoms. The van der Waals surface area contributed by atoms with Crippen LogP contribution in [0.1, 0.15) is 12.1 Å². The number of nitrogens with two attached hydrogens (primary N) is 1. The molecule has 0 fully saturated rings. The molecular weight excluding hydrogens is 244 g/mol. The summed E-state index contributed by atoms with van der Waals surface area (Å²) in [7, 11) is 0. The molecule has 0 saturated carbocycles. The molecular formula is C14H14N2OS. The lowest BCUT2D eigenvalue weighted by Gasteiger charge is -1.93. The minimum Gasteiger partial charge on any atom is -0.464 e. The molecule has 0 aliphatic heterocycles. The van der Waals surface area contributed by atoms with E-state index < -0.39 is 0 Å². The molecule has 1 aromatic carbocycles. The van der Waals surface area contributed by atoms with Crippen LogP contribution >= 0.6 is 11.3 Å². The Morgan fingerprint density at radius 3 is 3.06 bits per heavy atom. The van der Waals surface area contributed by atoms with Gasteiger partial charge in [0, 0.05) is 10.8 Å². The van der Waals surface area contributed by atoms with Crippen LogP contribution in [0.4, 0.5) is 0 Å². The number of thiazole rings is 1. The van der Waals surface area contributed by atoms with Gasteiger partial charge in [-0.05, 0) is 25.5 Å². The zero-order chi connectivity index (χ0) is 12.4. The number of fused-ring (bicyclic) bond motifs is 1. The van der Waals surface area contributed by atoms with E-state index in [1.54, 1.807) is 17.6 Å². The van der Waals surface area contributed by atoms with Crippen LogP contribution in [-0.2, 0) is 6.42 Å². The minimum absolute atomic E-state index is 0.710. The lowest BCUT2D eigenvalue weighted by atomic mass is 10.2. The van der Waals surface area contributed by atoms with E-state index in [0.717, 1.165) is 40.1 Å². The van der Waals surface area contributed by atoms with E-state index in [2.05, 4.69) is 16.4 Å². The standard InChI is InChI=1S/C14H14N2OS/c15-7-3-4-10-9-18-14(16-10)12-8-17-13-6-2-1-5-11(12)13/h1-2,5-6,8-9H,3-4,7,15H2. The zero-order valence-electron chi connectivity index (χ0n) is 9.93. The molecule has 4 heteroatoms. The average Bonchev–Trinajstić information content (AvgIpc) is 3.02. The van der Waals surface area contributed by atoms with Crippen molar-refractivity contribution in [3.8, 4) is 10.6 Å². The van der Waals surface area contributed by atoms with Gasteiger partial charge >= 0.3 is 0 Å². The molecule has 3 nitrogen and oxygen atoms in total. The monoisotopic (exact) mass is 258 g/mol. The SMILES string of the molecule is NCCCc1csc(-c2coc3ccccc23)n1. The summed E-state index contributed by atoms with van der Waals surface area (Å²) in [5.41, 5.74) is 8.62. The highest BCUT2D eigenvalue weighted by Crippen LogP contribution is 2.32. The average molecular weight is 258 g/mol. The Morgan fingerprint density at radius 1 is 1.28 bits per heavy atom. The highest BCUT2D eigenvalue weighted by molar-refractivity contribution is 7.13. The Balaban J connectivity index is 1.96. The smallest absolute Gasteiger partial charge is 0.134 e. The lowest BCUT2D eigenvalue weighted by molar-refractivity contribution is 0.617. The van der Waals surface area contributed by atoms with Gasteiger partial charge in [0.15, 0.2) is 0 Å². The first kappa shape index (κ1) is 11.4. The van der Waals surface area contributed by atoms with E-state index in [4.69, 9.17) is 10.2 Å². The molecule has 2 aromatic heterocycles. The minimum atomic E-state index is 0.710. The largest absolute Gasteiger partial charge is 0.464 e. The molecule has 2 heterocycles. The highest BCUT2D eigenvalue weighted by Gasteiger charge is 2.11. The van der Waals surface area contributed by atoms with Gasteiger partial charge in [-0.3, -0.25) is 0 Å². The topological polar surface area (TPSA) is 52.0 Å². The Bertz CT molecular complexity index is 656. The molecule has 0 atom stereocenters. The summed E-state index contributed by atoms with van der Waals surface area (Å²) in [6.45, 7) is 0.710. The summed E-state index contributed by atoms with van der Waals surface area (Å²) in [5.74, 6) is 0. The van der Waals surface area contributed by atoms with Crippen LogP contribution in [0.3, 0.4) is 0 Å². The van der Waals surface area contributed by atoms with Gasteiger partial charge in [0.1, 0.15) is 16.9 Å². The maximum atomic E-state index is 5.54. The third kappa shape index (κ3) is 2.05. The van der Waals surface area contributed by atoms with Crippen molar-refractivity contribution < 1.29 is 4.42 Å². The first-order valence-corrected chi connectivity index (χ1v) is 6.87. The van der Waals surface area contributed by atoms with Crippen LogP contribution in [0.5, 0.6) is 0 Å². The van der Waals surface area contributed by atoms with E-state index in [1.807, 2.05) is 18.2 Å². The fourth-order valence-corrected chi connectivity index (χ4v) is 2.85. The van der Waals surface area contributed by atoms with Gasteiger partial charge in [-0.1, -0.05) is 18.2 Å². The number of para-hydroxylation sites is 1. The highest BCUT2D eigenvalue weighted by atomic mass is 32.1. The lowest BCUT2D eigenvalue weighted by Crippen LogP contribution is -2.00. The van der Waals surface area contributed by atoms with E-state index in [9.17, 15) is 0 Å². The molecule has 0 radical (unpaired) electrons. The van der Waals surface area contributed by atoms with Gasteiger partial charge in [-0.2, -0.15) is 0 Å². The number of hydrogen-bond acceptors (Lipinski definition) is 4. The number of rotatable bonds is 4. The van der Waals surface area contributed by atoms with Crippen molar-refractivity contribution in [3.63, 3.8) is 0 Å². The van der Waals surface area contributed by atoms with Crippen molar-refractivity contribution in [2.75, 3.05) is 6.54 Å². The third-order valence-electron chi connectivity index (χ3n) is 2.90. The second-order valence-corrected chi connectivity index (χ2v) is 5.04. The number of hydrogen-bond donors (Lipinski definition) is 1. The normalized spacial score (nSPS) is 11.2. The second kappa shape index (κ2) is 4.92. The summed E-state index contributed by atoms with van der Waals surface area (Å²) < 4.78 is 5.54. The number of aryl methyl sites for hydroxylation is 1. The number of furan rings is 1. The summed E-state index contributed by atoms with van der Waals surface area (Å²) in [4.78, 5) is 4.64. The van der Waals surface area contributed by atoms with Crippen molar-refractivity contribution in [2.24, 2.45) is 5.73 Å². The molecule has 3 rings (SSSR count). The Hall–Kier alpha value is -1.65. The molecule has 0 saturated heterocycles. The molecule has 0 amide bonds. The van der Waals surface area contributed by atoms with Gasteiger partial charge in [-0.25, -0.2) is 4.98 Å². The summed E-state index contributed by atoms with van der Waals surface area (Å²) >= 11 is 1.66. The predicted octanol–water partition coefficient (Wildman–Crippen LogP) is 3.45. The molecule has 3 aromatic rings. The van der Waals surface area contributed by atoms with Crippen LogP contribution < -0.4 is 5.73 Å². The quantitative estimate of drug-likeness (QED) is 0.779. The van der Waals surface area contributed by atoms with Gasteiger partial charge in [0.05, 0.1) is 11.3 Å². The number of benzene rings is 1. The van der Waals surface area contributed by atoms with E-state index in [-0.39, 0.29) is 0 Å². The number of aromatic nitrogens is 1. The van der Waals surface area contributed by atoms with Crippen molar-refractivity contribution in [1.29, 1.82) is 0 Å². The zero-order valence-corrected chi connectivity index (χ0v) is 10.7. The maximum absolute atomic E-state index is 5.54. The van der Waals surface area contributed by atoms with E-state index in [0.29, 0.717) is 6.54 Å². The summed E-state index contributed by atoms with van der Waals surface area (Å²) in [6.07, 6.45) is 3.72. The van der Waals surface area contributed by atoms with Gasteiger partial charge < -0.3 is 10.2 Å². The van der Waals surface area contributed by atoms with E-state index in [1.165, 1.54) is 0 Å². The first-order chi connectivity index (χ1) is 8.88. The predicted molar refractivity (Wildman–Crippen MR) is 74.7 cm³/mol. The van der Waals surface area contributed by atoms with Crippen molar-refractivity contribution >= 4 is 22.3 Å². The van der Waals surface area contributed by atoms with Gasteiger partial charge in [0.25, 0.3) is 0 Å². The molecule has 18 heavy (non-hydrogen) atoms. The van der Waals surface area contributed by atoms with Crippen molar-refractivity contribution in [2.45, 2.75) is 12.8 Å². The molecule has 0 unspecified atom stereocenters. The fourth-order valence-electron chi connectivity index (χ4n) is 1.97. The molecule has 2 N–H and O–H groups in total. The second-order valence-electron chi connectivity index (χ2n) is 4.18.